The second kappa shape index (κ2) is 6.27. The Kier molecular flexibility index (Phi) is 4.50. The van der Waals surface area contributed by atoms with Gasteiger partial charge in [-0.15, -0.1) is 0 Å². The number of carbonyl (C=O) groups excluding carboxylic acids is 1. The molecule has 0 aromatic carbocycles. The van der Waals surface area contributed by atoms with Crippen molar-refractivity contribution in [2.24, 2.45) is 0 Å². The van der Waals surface area contributed by atoms with Crippen LogP contribution in [0.1, 0.15) is 63.8 Å². The Balaban J connectivity index is 1.64. The van der Waals surface area contributed by atoms with Gasteiger partial charge in [-0.1, -0.05) is 27.2 Å². The lowest BCUT2D eigenvalue weighted by Crippen LogP contribution is -2.43. The SMILES string of the molecule is CN1CCCCC1CC(=O)N1CCc2oc(C(C)(C)C)nc2C1. The van der Waals surface area contributed by atoms with E-state index in [2.05, 4.69) is 37.7 Å². The largest absolute Gasteiger partial charge is 0.445 e. The van der Waals surface area contributed by atoms with Crippen molar-refractivity contribution < 1.29 is 9.21 Å². The second-order valence-corrected chi connectivity index (χ2v) is 8.04. The van der Waals surface area contributed by atoms with Crippen molar-refractivity contribution in [3.05, 3.63) is 17.3 Å². The number of nitrogens with zero attached hydrogens (tertiary/aromatic N) is 3. The fraction of sp³-hybridized carbons (Fsp3) is 0.778. The number of aromatic nitrogens is 1. The number of fused-ring (bicyclic) bond motifs is 1. The third-order valence-electron chi connectivity index (χ3n) is 5.05. The van der Waals surface area contributed by atoms with Crippen LogP contribution >= 0.6 is 0 Å². The van der Waals surface area contributed by atoms with Gasteiger partial charge in [-0.2, -0.15) is 0 Å². The summed E-state index contributed by atoms with van der Waals surface area (Å²) in [5, 5.41) is 0. The van der Waals surface area contributed by atoms with Gasteiger partial charge in [0, 0.05) is 30.8 Å². The van der Waals surface area contributed by atoms with E-state index in [1.165, 1.54) is 12.8 Å². The molecule has 1 aromatic heterocycles. The number of likely N-dealkylation sites (tertiary alicyclic amines) is 1. The summed E-state index contributed by atoms with van der Waals surface area (Å²) < 4.78 is 5.91. The van der Waals surface area contributed by atoms with Gasteiger partial charge >= 0.3 is 0 Å². The van der Waals surface area contributed by atoms with E-state index in [-0.39, 0.29) is 11.3 Å². The van der Waals surface area contributed by atoms with Crippen LogP contribution in [0.4, 0.5) is 0 Å². The minimum Gasteiger partial charge on any atom is -0.445 e. The van der Waals surface area contributed by atoms with Gasteiger partial charge in [0.15, 0.2) is 5.89 Å². The Bertz CT molecular complexity index is 573. The van der Waals surface area contributed by atoms with Crippen LogP contribution in [-0.2, 0) is 23.2 Å². The lowest BCUT2D eigenvalue weighted by molar-refractivity contribution is -0.133. The quantitative estimate of drug-likeness (QED) is 0.841. The molecule has 0 aliphatic carbocycles. The van der Waals surface area contributed by atoms with Crippen molar-refractivity contribution in [2.75, 3.05) is 20.1 Å². The van der Waals surface area contributed by atoms with Crippen LogP contribution in [0.25, 0.3) is 0 Å². The van der Waals surface area contributed by atoms with Gasteiger partial charge in [-0.3, -0.25) is 4.79 Å². The maximum atomic E-state index is 12.7. The summed E-state index contributed by atoms with van der Waals surface area (Å²) in [6.07, 6.45) is 5.05. The first-order chi connectivity index (χ1) is 10.8. The lowest BCUT2D eigenvalue weighted by Gasteiger charge is -2.34. The summed E-state index contributed by atoms with van der Waals surface area (Å²) in [5.41, 5.74) is 0.864. The average Bonchev–Trinajstić information content (AvgIpc) is 2.92. The fourth-order valence-electron chi connectivity index (χ4n) is 3.46. The van der Waals surface area contributed by atoms with E-state index in [4.69, 9.17) is 4.42 Å². The fourth-order valence-corrected chi connectivity index (χ4v) is 3.46. The molecule has 0 N–H and O–H groups in total. The van der Waals surface area contributed by atoms with Crippen LogP contribution in [0.5, 0.6) is 0 Å². The first kappa shape index (κ1) is 16.5. The first-order valence-electron chi connectivity index (χ1n) is 8.81. The van der Waals surface area contributed by atoms with Crippen LogP contribution in [0.3, 0.4) is 0 Å². The maximum absolute atomic E-state index is 12.7. The molecule has 1 saturated heterocycles. The number of hydrogen-bond acceptors (Lipinski definition) is 4. The Morgan fingerprint density at radius 2 is 2.09 bits per heavy atom. The predicted molar refractivity (Wildman–Crippen MR) is 89.2 cm³/mol. The number of piperidine rings is 1. The molecule has 5 nitrogen and oxygen atoms in total. The molecule has 1 unspecified atom stereocenters. The third-order valence-corrected chi connectivity index (χ3v) is 5.05. The van der Waals surface area contributed by atoms with Gasteiger partial charge < -0.3 is 14.2 Å². The van der Waals surface area contributed by atoms with E-state index in [9.17, 15) is 4.79 Å². The van der Waals surface area contributed by atoms with Crippen molar-refractivity contribution in [3.8, 4) is 0 Å². The lowest BCUT2D eigenvalue weighted by atomic mass is 9.97. The molecule has 0 spiro atoms. The van der Waals surface area contributed by atoms with Gasteiger partial charge in [0.25, 0.3) is 0 Å². The summed E-state index contributed by atoms with van der Waals surface area (Å²) in [5.74, 6) is 2.01. The summed E-state index contributed by atoms with van der Waals surface area (Å²) in [6, 6.07) is 0.403. The zero-order chi connectivity index (χ0) is 16.6. The van der Waals surface area contributed by atoms with Crippen LogP contribution in [0, 0.1) is 0 Å². The van der Waals surface area contributed by atoms with E-state index >= 15 is 0 Å². The molecule has 128 valence electrons. The zero-order valence-corrected chi connectivity index (χ0v) is 14.9. The number of hydrogen-bond donors (Lipinski definition) is 0. The van der Waals surface area contributed by atoms with E-state index < -0.39 is 0 Å². The highest BCUT2D eigenvalue weighted by atomic mass is 16.4. The molecule has 1 amide bonds. The van der Waals surface area contributed by atoms with E-state index in [1.54, 1.807) is 0 Å². The second-order valence-electron chi connectivity index (χ2n) is 8.04. The Labute approximate surface area is 139 Å². The Morgan fingerprint density at radius 3 is 2.78 bits per heavy atom. The van der Waals surface area contributed by atoms with E-state index in [0.717, 1.165) is 43.3 Å². The molecule has 1 atom stereocenters. The molecule has 0 bridgehead atoms. The molecular weight excluding hydrogens is 290 g/mol. The predicted octanol–water partition coefficient (Wildman–Crippen LogP) is 2.73. The van der Waals surface area contributed by atoms with Crippen molar-refractivity contribution >= 4 is 5.91 Å². The molecule has 23 heavy (non-hydrogen) atoms. The van der Waals surface area contributed by atoms with Gasteiger partial charge in [-0.05, 0) is 26.4 Å². The molecule has 2 aliphatic heterocycles. The molecule has 3 heterocycles. The molecule has 0 saturated carbocycles. The van der Waals surface area contributed by atoms with Gasteiger partial charge in [0.05, 0.1) is 6.54 Å². The van der Waals surface area contributed by atoms with Crippen LogP contribution in [-0.4, -0.2) is 46.9 Å². The minimum atomic E-state index is -0.0863. The molecule has 1 fully saturated rings. The smallest absolute Gasteiger partial charge is 0.224 e. The molecule has 5 heteroatoms. The highest BCUT2D eigenvalue weighted by molar-refractivity contribution is 5.77. The molecule has 1 aromatic rings. The molecule has 3 rings (SSSR count). The van der Waals surface area contributed by atoms with Crippen LogP contribution in [0.15, 0.2) is 4.42 Å². The summed E-state index contributed by atoms with van der Waals surface area (Å²) in [7, 11) is 2.14. The number of rotatable bonds is 2. The van der Waals surface area contributed by atoms with Crippen LogP contribution < -0.4 is 0 Å². The van der Waals surface area contributed by atoms with E-state index in [1.807, 2.05) is 4.90 Å². The van der Waals surface area contributed by atoms with Crippen molar-refractivity contribution in [1.29, 1.82) is 0 Å². The summed E-state index contributed by atoms with van der Waals surface area (Å²) in [6.45, 7) is 8.77. The van der Waals surface area contributed by atoms with Crippen molar-refractivity contribution in [3.63, 3.8) is 0 Å². The highest BCUT2D eigenvalue weighted by Gasteiger charge is 2.30. The topological polar surface area (TPSA) is 49.6 Å². The molecule has 0 radical (unpaired) electrons. The minimum absolute atomic E-state index is 0.0863. The molecular formula is C18H29N3O2. The number of oxazole rings is 1. The summed E-state index contributed by atoms with van der Waals surface area (Å²) >= 11 is 0. The maximum Gasteiger partial charge on any atom is 0.224 e. The zero-order valence-electron chi connectivity index (χ0n) is 14.9. The normalized spacial score (nSPS) is 23.0. The Morgan fingerprint density at radius 1 is 1.30 bits per heavy atom. The van der Waals surface area contributed by atoms with Crippen molar-refractivity contribution in [2.45, 2.75) is 70.9 Å². The van der Waals surface area contributed by atoms with Gasteiger partial charge in [0.2, 0.25) is 5.91 Å². The highest BCUT2D eigenvalue weighted by Crippen LogP contribution is 2.28. The third kappa shape index (κ3) is 3.60. The Hall–Kier alpha value is -1.36. The summed E-state index contributed by atoms with van der Waals surface area (Å²) in [4.78, 5) is 21.6. The van der Waals surface area contributed by atoms with Gasteiger partial charge in [0.1, 0.15) is 11.5 Å². The standard InChI is InChI=1S/C18H29N3O2/c1-18(2,3)17-19-14-12-21(10-8-15(14)23-17)16(22)11-13-7-5-6-9-20(13)4/h13H,5-12H2,1-4H3. The van der Waals surface area contributed by atoms with E-state index in [0.29, 0.717) is 19.0 Å². The first-order valence-corrected chi connectivity index (χ1v) is 8.81. The van der Waals surface area contributed by atoms with Gasteiger partial charge in [-0.25, -0.2) is 4.98 Å². The van der Waals surface area contributed by atoms with Crippen molar-refractivity contribution in [1.82, 2.24) is 14.8 Å². The number of carbonyl (C=O) groups is 1. The van der Waals surface area contributed by atoms with Crippen LogP contribution in [0.2, 0.25) is 0 Å². The molecule has 2 aliphatic rings. The number of amides is 1. The monoisotopic (exact) mass is 319 g/mol. The average molecular weight is 319 g/mol.